The fourth-order valence-corrected chi connectivity index (χ4v) is 2.83. The van der Waals surface area contributed by atoms with E-state index in [0.717, 1.165) is 11.3 Å². The van der Waals surface area contributed by atoms with Crippen molar-refractivity contribution in [3.63, 3.8) is 0 Å². The van der Waals surface area contributed by atoms with Crippen molar-refractivity contribution in [2.24, 2.45) is 0 Å². The first-order chi connectivity index (χ1) is 12.3. The van der Waals surface area contributed by atoms with Gasteiger partial charge >= 0.3 is 0 Å². The maximum Gasteiger partial charge on any atom is 0.160 e. The van der Waals surface area contributed by atoms with Gasteiger partial charge in [-0.05, 0) is 17.7 Å². The minimum atomic E-state index is -0.253. The molecule has 1 fully saturated rings. The minimum absolute atomic E-state index is 0.0608. The van der Waals surface area contributed by atoms with E-state index in [9.17, 15) is 0 Å². The SMILES string of the molecule is CO[C@H]1C[C@H](OCc2ccccc2)C(CON(C)c2ccccc2)O1. The first-order valence-electron chi connectivity index (χ1n) is 8.51. The normalized spacial score (nSPS) is 22.9. The fourth-order valence-electron chi connectivity index (χ4n) is 2.83. The van der Waals surface area contributed by atoms with Gasteiger partial charge in [-0.15, -0.1) is 0 Å². The highest BCUT2D eigenvalue weighted by atomic mass is 16.7. The molecule has 134 valence electrons. The minimum Gasteiger partial charge on any atom is -0.371 e. The lowest BCUT2D eigenvalue weighted by atomic mass is 10.2. The van der Waals surface area contributed by atoms with Crippen molar-refractivity contribution in [2.75, 3.05) is 25.8 Å². The lowest BCUT2D eigenvalue weighted by Crippen LogP contribution is -2.33. The number of methoxy groups -OCH3 is 1. The molecule has 25 heavy (non-hydrogen) atoms. The van der Waals surface area contributed by atoms with Crippen LogP contribution in [0.25, 0.3) is 0 Å². The summed E-state index contributed by atoms with van der Waals surface area (Å²) in [6.07, 6.45) is 0.220. The van der Waals surface area contributed by atoms with E-state index in [-0.39, 0.29) is 18.5 Å². The molecule has 1 aliphatic rings. The van der Waals surface area contributed by atoms with Crippen LogP contribution in [-0.4, -0.2) is 39.3 Å². The van der Waals surface area contributed by atoms with Gasteiger partial charge in [-0.3, -0.25) is 9.90 Å². The topological polar surface area (TPSA) is 40.2 Å². The van der Waals surface area contributed by atoms with Gasteiger partial charge in [0.05, 0.1) is 18.4 Å². The van der Waals surface area contributed by atoms with Gasteiger partial charge in [0.25, 0.3) is 0 Å². The molecule has 3 atom stereocenters. The maximum absolute atomic E-state index is 6.07. The lowest BCUT2D eigenvalue weighted by Gasteiger charge is -2.23. The van der Waals surface area contributed by atoms with Gasteiger partial charge in [0.15, 0.2) is 6.29 Å². The largest absolute Gasteiger partial charge is 0.371 e. The molecule has 0 aromatic heterocycles. The molecule has 0 amide bonds. The third-order valence-corrected chi connectivity index (χ3v) is 4.29. The summed E-state index contributed by atoms with van der Waals surface area (Å²) in [5.41, 5.74) is 2.13. The molecule has 0 saturated carbocycles. The summed E-state index contributed by atoms with van der Waals surface area (Å²) in [6.45, 7) is 0.959. The van der Waals surface area contributed by atoms with Gasteiger partial charge in [0.1, 0.15) is 12.7 Å². The van der Waals surface area contributed by atoms with Crippen molar-refractivity contribution in [2.45, 2.75) is 31.5 Å². The Balaban J connectivity index is 1.54. The molecular formula is C20H25NO4. The third-order valence-electron chi connectivity index (χ3n) is 4.29. The summed E-state index contributed by atoms with van der Waals surface area (Å²) < 4.78 is 17.3. The van der Waals surface area contributed by atoms with E-state index in [0.29, 0.717) is 19.6 Å². The number of anilines is 1. The molecule has 0 spiro atoms. The summed E-state index contributed by atoms with van der Waals surface area (Å²) in [6, 6.07) is 20.1. The van der Waals surface area contributed by atoms with Crippen molar-refractivity contribution in [1.82, 2.24) is 0 Å². The molecule has 0 bridgehead atoms. The summed E-state index contributed by atoms with van der Waals surface area (Å²) in [7, 11) is 3.54. The first-order valence-corrected chi connectivity index (χ1v) is 8.51. The predicted molar refractivity (Wildman–Crippen MR) is 96.1 cm³/mol. The molecule has 5 heteroatoms. The van der Waals surface area contributed by atoms with E-state index in [4.69, 9.17) is 19.0 Å². The van der Waals surface area contributed by atoms with Crippen LogP contribution in [0, 0.1) is 0 Å². The molecule has 2 aromatic rings. The predicted octanol–water partition coefficient (Wildman–Crippen LogP) is 3.40. The molecule has 3 rings (SSSR count). The number of benzene rings is 2. The summed E-state index contributed by atoms with van der Waals surface area (Å²) in [4.78, 5) is 5.86. The van der Waals surface area contributed by atoms with Crippen LogP contribution < -0.4 is 5.06 Å². The van der Waals surface area contributed by atoms with Crippen molar-refractivity contribution >= 4 is 5.69 Å². The second-order valence-electron chi connectivity index (χ2n) is 6.04. The number of ether oxygens (including phenoxy) is 3. The molecule has 5 nitrogen and oxygen atoms in total. The van der Waals surface area contributed by atoms with Crippen LogP contribution in [-0.2, 0) is 25.7 Å². The van der Waals surface area contributed by atoms with Crippen LogP contribution in [0.1, 0.15) is 12.0 Å². The molecular weight excluding hydrogens is 318 g/mol. The molecule has 2 aromatic carbocycles. The number of rotatable bonds is 8. The summed E-state index contributed by atoms with van der Waals surface area (Å²) >= 11 is 0. The van der Waals surface area contributed by atoms with Gasteiger partial charge in [-0.25, -0.2) is 0 Å². The molecule has 1 saturated heterocycles. The van der Waals surface area contributed by atoms with Crippen molar-refractivity contribution in [3.05, 3.63) is 66.2 Å². The molecule has 0 radical (unpaired) electrons. The second-order valence-corrected chi connectivity index (χ2v) is 6.04. The zero-order valence-corrected chi connectivity index (χ0v) is 14.7. The number of nitrogens with zero attached hydrogens (tertiary/aromatic N) is 1. The quantitative estimate of drug-likeness (QED) is 0.687. The third kappa shape index (κ3) is 5.03. The monoisotopic (exact) mass is 343 g/mol. The Labute approximate surface area is 149 Å². The number of hydrogen-bond acceptors (Lipinski definition) is 5. The van der Waals surface area contributed by atoms with E-state index >= 15 is 0 Å². The zero-order valence-electron chi connectivity index (χ0n) is 14.7. The molecule has 1 heterocycles. The summed E-state index contributed by atoms with van der Waals surface area (Å²) in [5.74, 6) is 0. The van der Waals surface area contributed by atoms with E-state index in [2.05, 4.69) is 12.1 Å². The van der Waals surface area contributed by atoms with Crippen molar-refractivity contribution < 1.29 is 19.0 Å². The Morgan fingerprint density at radius 1 is 1.04 bits per heavy atom. The number of hydroxylamine groups is 1. The Bertz CT molecular complexity index is 622. The summed E-state index contributed by atoms with van der Waals surface area (Å²) in [5, 5.41) is 1.75. The van der Waals surface area contributed by atoms with E-state index < -0.39 is 0 Å². The Morgan fingerprint density at radius 2 is 1.72 bits per heavy atom. The molecule has 1 aliphatic heterocycles. The van der Waals surface area contributed by atoms with Gasteiger partial charge in [0, 0.05) is 20.6 Å². The molecule has 1 unspecified atom stereocenters. The van der Waals surface area contributed by atoms with Crippen LogP contribution in [0.4, 0.5) is 5.69 Å². The van der Waals surface area contributed by atoms with Gasteiger partial charge in [-0.1, -0.05) is 48.5 Å². The number of hydrogen-bond donors (Lipinski definition) is 0. The fraction of sp³-hybridized carbons (Fsp3) is 0.400. The Kier molecular flexibility index (Phi) is 6.42. The average Bonchev–Trinajstić information content (AvgIpc) is 3.08. The Morgan fingerprint density at radius 3 is 2.40 bits per heavy atom. The van der Waals surface area contributed by atoms with Crippen LogP contribution in [0.15, 0.2) is 60.7 Å². The van der Waals surface area contributed by atoms with Crippen molar-refractivity contribution in [3.8, 4) is 0 Å². The smallest absolute Gasteiger partial charge is 0.160 e. The van der Waals surface area contributed by atoms with Crippen molar-refractivity contribution in [1.29, 1.82) is 0 Å². The molecule has 0 aliphatic carbocycles. The second kappa shape index (κ2) is 8.97. The van der Waals surface area contributed by atoms with Crippen LogP contribution in [0.2, 0.25) is 0 Å². The highest BCUT2D eigenvalue weighted by Gasteiger charge is 2.36. The first kappa shape index (κ1) is 17.9. The number of para-hydroxylation sites is 1. The van der Waals surface area contributed by atoms with Gasteiger partial charge in [-0.2, -0.15) is 0 Å². The van der Waals surface area contributed by atoms with Crippen LogP contribution in [0.5, 0.6) is 0 Å². The van der Waals surface area contributed by atoms with Crippen LogP contribution >= 0.6 is 0 Å². The maximum atomic E-state index is 6.07. The van der Waals surface area contributed by atoms with Crippen LogP contribution in [0.3, 0.4) is 0 Å². The van der Waals surface area contributed by atoms with Gasteiger partial charge in [0.2, 0.25) is 0 Å². The van der Waals surface area contributed by atoms with Gasteiger partial charge < -0.3 is 14.2 Å². The highest BCUT2D eigenvalue weighted by molar-refractivity contribution is 5.42. The highest BCUT2D eigenvalue weighted by Crippen LogP contribution is 2.25. The average molecular weight is 343 g/mol. The van der Waals surface area contributed by atoms with E-state index in [1.165, 1.54) is 0 Å². The molecule has 0 N–H and O–H groups in total. The van der Waals surface area contributed by atoms with E-state index in [1.807, 2.05) is 55.6 Å². The van der Waals surface area contributed by atoms with E-state index in [1.54, 1.807) is 12.2 Å². The zero-order chi connectivity index (χ0) is 17.5. The lowest BCUT2D eigenvalue weighted by molar-refractivity contribution is -0.137. The Hall–Kier alpha value is -1.92. The standard InChI is InChI=1S/C20H25NO4/c1-21(17-11-7-4-8-12-17)24-15-19-18(13-20(22-2)25-19)23-14-16-9-5-3-6-10-16/h3-12,18-20H,13-15H2,1-2H3/t18-,19?,20+/m0/s1.